The molecular formula is C26H45NO2. The summed E-state index contributed by atoms with van der Waals surface area (Å²) in [5, 5.41) is 11.3. The number of carbonyl (C=O) groups is 1. The van der Waals surface area contributed by atoms with Crippen LogP contribution in [0.25, 0.3) is 0 Å². The highest BCUT2D eigenvalue weighted by Crippen LogP contribution is 2.19. The van der Waals surface area contributed by atoms with E-state index in [0.29, 0.717) is 0 Å². The maximum Gasteiger partial charge on any atom is 0.327 e. The van der Waals surface area contributed by atoms with E-state index in [4.69, 9.17) is 5.11 Å². The maximum absolute atomic E-state index is 9.25. The van der Waals surface area contributed by atoms with Crippen LogP contribution < -0.4 is 5.32 Å². The molecule has 0 aromatic heterocycles. The lowest BCUT2D eigenvalue weighted by atomic mass is 9.94. The van der Waals surface area contributed by atoms with E-state index in [2.05, 4.69) is 63.0 Å². The first-order valence-electron chi connectivity index (χ1n) is 11.6. The lowest BCUT2D eigenvalue weighted by Crippen LogP contribution is -2.37. The Morgan fingerprint density at radius 1 is 0.897 bits per heavy atom. The molecule has 1 aromatic carbocycles. The Labute approximate surface area is 180 Å². The Morgan fingerprint density at radius 2 is 1.31 bits per heavy atom. The molecule has 1 aromatic rings. The number of carboxylic acids is 1. The molecule has 2 N–H and O–H groups in total. The van der Waals surface area contributed by atoms with E-state index in [9.17, 15) is 4.79 Å². The van der Waals surface area contributed by atoms with Crippen LogP contribution in [0.4, 0.5) is 0 Å². The molecule has 0 spiro atoms. The van der Waals surface area contributed by atoms with Crippen molar-refractivity contribution >= 4 is 5.97 Å². The third-order valence-electron chi connectivity index (χ3n) is 5.27. The van der Waals surface area contributed by atoms with Crippen molar-refractivity contribution in [1.82, 2.24) is 5.32 Å². The molecule has 3 heteroatoms. The fourth-order valence-electron chi connectivity index (χ4n) is 3.32. The Morgan fingerprint density at radius 3 is 1.72 bits per heavy atom. The number of rotatable bonds is 16. The smallest absolute Gasteiger partial charge is 0.327 e. The second kappa shape index (κ2) is 18.4. The van der Waals surface area contributed by atoms with Gasteiger partial charge in [0.25, 0.3) is 0 Å². The van der Waals surface area contributed by atoms with E-state index in [-0.39, 0.29) is 5.54 Å². The molecular weight excluding hydrogens is 358 g/mol. The highest BCUT2D eigenvalue weighted by Gasteiger charge is 2.18. The monoisotopic (exact) mass is 403 g/mol. The van der Waals surface area contributed by atoms with Gasteiger partial charge >= 0.3 is 5.97 Å². The van der Waals surface area contributed by atoms with E-state index < -0.39 is 5.97 Å². The summed E-state index contributed by atoms with van der Waals surface area (Å²) in [7, 11) is 0. The second-order valence-electron chi connectivity index (χ2n) is 8.35. The van der Waals surface area contributed by atoms with Gasteiger partial charge in [0.05, 0.1) is 0 Å². The number of hydrogen-bond acceptors (Lipinski definition) is 2. The van der Waals surface area contributed by atoms with E-state index in [1.165, 1.54) is 82.6 Å². The topological polar surface area (TPSA) is 49.3 Å². The number of unbranched alkanes of at least 4 members (excludes halogenated alkanes) is 11. The second-order valence-corrected chi connectivity index (χ2v) is 8.35. The number of carboxylic acid groups (broad SMARTS) is 1. The molecule has 0 aliphatic heterocycles. The number of benzene rings is 1. The van der Waals surface area contributed by atoms with Gasteiger partial charge in [-0.3, -0.25) is 0 Å². The van der Waals surface area contributed by atoms with Gasteiger partial charge in [0.2, 0.25) is 0 Å². The lowest BCUT2D eigenvalue weighted by molar-refractivity contribution is -0.131. The first-order chi connectivity index (χ1) is 13.9. The van der Waals surface area contributed by atoms with Crippen molar-refractivity contribution in [2.75, 3.05) is 6.54 Å². The van der Waals surface area contributed by atoms with Crippen molar-refractivity contribution in [3.63, 3.8) is 0 Å². The van der Waals surface area contributed by atoms with Crippen LogP contribution in [0.1, 0.15) is 103 Å². The van der Waals surface area contributed by atoms with E-state index in [1.807, 2.05) is 0 Å². The molecule has 3 nitrogen and oxygen atoms in total. The molecule has 166 valence electrons. The Balaban J connectivity index is 0.00000139. The van der Waals surface area contributed by atoms with Crippen LogP contribution in [0, 0.1) is 0 Å². The standard InChI is InChI=1S/C23H41N.C3H4O2/c1-4-5-6-7-8-9-10-11-12-13-14-18-21-24-23(2,3)22-19-16-15-17-20-22;1-2-3(4)5/h15-17,19-20,24H,4-14,18,21H2,1-3H3;2H,1H2,(H,4,5). The predicted octanol–water partition coefficient (Wildman–Crippen LogP) is 7.47. The van der Waals surface area contributed by atoms with Crippen molar-refractivity contribution in [2.45, 2.75) is 103 Å². The highest BCUT2D eigenvalue weighted by molar-refractivity contribution is 5.78. The van der Waals surface area contributed by atoms with Gasteiger partial charge < -0.3 is 10.4 Å². The molecule has 0 unspecified atom stereocenters. The summed E-state index contributed by atoms with van der Waals surface area (Å²) < 4.78 is 0. The molecule has 0 saturated carbocycles. The van der Waals surface area contributed by atoms with Crippen LogP contribution in [0.5, 0.6) is 0 Å². The summed E-state index contributed by atoms with van der Waals surface area (Å²) in [6.07, 6.45) is 17.8. The molecule has 0 radical (unpaired) electrons. The minimum Gasteiger partial charge on any atom is -0.478 e. The van der Waals surface area contributed by atoms with Gasteiger partial charge in [-0.05, 0) is 32.4 Å². The maximum atomic E-state index is 9.25. The average molecular weight is 404 g/mol. The molecule has 0 fully saturated rings. The largest absolute Gasteiger partial charge is 0.478 e. The number of hydrogen-bond donors (Lipinski definition) is 2. The minimum absolute atomic E-state index is 0.0824. The summed E-state index contributed by atoms with van der Waals surface area (Å²) in [6.45, 7) is 10.9. The average Bonchev–Trinajstić information content (AvgIpc) is 2.72. The Bertz CT molecular complexity index is 511. The minimum atomic E-state index is -0.981. The fraction of sp³-hybridized carbons (Fsp3) is 0.654. The van der Waals surface area contributed by atoms with Crippen molar-refractivity contribution < 1.29 is 9.90 Å². The van der Waals surface area contributed by atoms with E-state index in [1.54, 1.807) is 0 Å². The van der Waals surface area contributed by atoms with Gasteiger partial charge in [-0.15, -0.1) is 0 Å². The van der Waals surface area contributed by atoms with Crippen LogP contribution in [0.3, 0.4) is 0 Å². The van der Waals surface area contributed by atoms with Crippen molar-refractivity contribution in [2.24, 2.45) is 0 Å². The van der Waals surface area contributed by atoms with Crippen LogP contribution in [0.2, 0.25) is 0 Å². The summed E-state index contributed by atoms with van der Waals surface area (Å²) in [6, 6.07) is 10.8. The van der Waals surface area contributed by atoms with E-state index in [0.717, 1.165) is 12.6 Å². The van der Waals surface area contributed by atoms with Gasteiger partial charge in [0.15, 0.2) is 0 Å². The summed E-state index contributed by atoms with van der Waals surface area (Å²) in [5.41, 5.74) is 1.46. The molecule has 0 aliphatic rings. The van der Waals surface area contributed by atoms with Crippen LogP contribution in [-0.4, -0.2) is 17.6 Å². The molecule has 0 bridgehead atoms. The van der Waals surface area contributed by atoms with Gasteiger partial charge in [-0.1, -0.05) is 114 Å². The zero-order valence-electron chi connectivity index (χ0n) is 19.2. The molecule has 0 atom stereocenters. The Hall–Kier alpha value is -1.61. The highest BCUT2D eigenvalue weighted by atomic mass is 16.4. The first kappa shape index (κ1) is 27.4. The SMILES string of the molecule is C=CC(=O)O.CCCCCCCCCCCCCCNC(C)(C)c1ccccc1. The quantitative estimate of drug-likeness (QED) is 0.222. The van der Waals surface area contributed by atoms with Crippen molar-refractivity contribution in [3.8, 4) is 0 Å². The van der Waals surface area contributed by atoms with Gasteiger partial charge in [-0.25, -0.2) is 4.79 Å². The zero-order chi connectivity index (χ0) is 21.8. The molecule has 0 aliphatic carbocycles. The normalized spacial score (nSPS) is 10.9. The van der Waals surface area contributed by atoms with Crippen LogP contribution in [0.15, 0.2) is 43.0 Å². The zero-order valence-corrected chi connectivity index (χ0v) is 19.2. The predicted molar refractivity (Wildman–Crippen MR) is 126 cm³/mol. The van der Waals surface area contributed by atoms with Gasteiger partial charge in [-0.2, -0.15) is 0 Å². The van der Waals surface area contributed by atoms with Crippen molar-refractivity contribution in [1.29, 1.82) is 0 Å². The third-order valence-corrected chi connectivity index (χ3v) is 5.27. The lowest BCUT2D eigenvalue weighted by Gasteiger charge is -2.27. The summed E-state index contributed by atoms with van der Waals surface area (Å²) in [4.78, 5) is 9.25. The molecule has 1 rings (SSSR count). The fourth-order valence-corrected chi connectivity index (χ4v) is 3.32. The summed E-state index contributed by atoms with van der Waals surface area (Å²) >= 11 is 0. The van der Waals surface area contributed by atoms with Crippen LogP contribution >= 0.6 is 0 Å². The molecule has 0 saturated heterocycles. The van der Waals surface area contributed by atoms with E-state index >= 15 is 0 Å². The summed E-state index contributed by atoms with van der Waals surface area (Å²) in [5.74, 6) is -0.981. The molecule has 29 heavy (non-hydrogen) atoms. The molecule has 0 amide bonds. The van der Waals surface area contributed by atoms with Crippen molar-refractivity contribution in [3.05, 3.63) is 48.6 Å². The third kappa shape index (κ3) is 17.0. The van der Waals surface area contributed by atoms with Crippen LogP contribution in [-0.2, 0) is 10.3 Å². The van der Waals surface area contributed by atoms with Gasteiger partial charge in [0.1, 0.15) is 0 Å². The first-order valence-corrected chi connectivity index (χ1v) is 11.6. The van der Waals surface area contributed by atoms with Gasteiger partial charge in [0, 0.05) is 11.6 Å². The molecule has 0 heterocycles. The number of nitrogens with one attached hydrogen (secondary N) is 1. The Kier molecular flexibility index (Phi) is 17.4. The number of aliphatic carboxylic acids is 1.